The number of rotatable bonds is 1. The van der Waals surface area contributed by atoms with E-state index in [9.17, 15) is 4.79 Å². The molecule has 0 spiro atoms. The van der Waals surface area contributed by atoms with Crippen LogP contribution in [0.15, 0.2) is 0 Å². The first-order chi connectivity index (χ1) is 2.43. The van der Waals surface area contributed by atoms with Crippen LogP contribution in [-0.4, -0.2) is 18.9 Å². The fourth-order valence-corrected chi connectivity index (χ4v) is 0.164. The second kappa shape index (κ2) is 0.792. The van der Waals surface area contributed by atoms with Crippen LogP contribution in [0.5, 0.6) is 0 Å². The quantitative estimate of drug-likeness (QED) is 0.323. The predicted molar refractivity (Wildman–Crippen MR) is 17.9 cm³/mol. The zero-order valence-corrected chi connectivity index (χ0v) is 2.77. The smallest absolute Gasteiger partial charge is 0.138 e. The van der Waals surface area contributed by atoms with Crippen molar-refractivity contribution in [1.29, 1.82) is 0 Å². The minimum atomic E-state index is 0.204. The van der Waals surface area contributed by atoms with Gasteiger partial charge in [-0.05, 0) is 0 Å². The van der Waals surface area contributed by atoms with Gasteiger partial charge in [-0.15, -0.1) is 0 Å². The second-order valence-electron chi connectivity index (χ2n) is 1.15. The Balaban J connectivity index is 2.21. The molecule has 0 unspecified atom stereocenters. The number of hydrogen-bond donors (Lipinski definition) is 1. The summed E-state index contributed by atoms with van der Waals surface area (Å²) < 4.78 is 0. The molecule has 2 heteroatoms. The molecule has 1 atom stereocenters. The van der Waals surface area contributed by atoms with Crippen LogP contribution in [0.2, 0.25) is 0 Å². The predicted octanol–water partition coefficient (Wildman–Crippen LogP) is -0.843. The average Bonchev–Trinajstić information content (AvgIpc) is 2.12. The van der Waals surface area contributed by atoms with Gasteiger partial charge in [0.2, 0.25) is 0 Å². The third-order valence-corrected chi connectivity index (χ3v) is 0.604. The van der Waals surface area contributed by atoms with Gasteiger partial charge in [0.15, 0.2) is 0 Å². The minimum absolute atomic E-state index is 0.204. The van der Waals surface area contributed by atoms with E-state index in [1.165, 1.54) is 0 Å². The lowest BCUT2D eigenvalue weighted by atomic mass is 10.6. The van der Waals surface area contributed by atoms with E-state index in [0.717, 1.165) is 12.8 Å². The normalized spacial score (nSPS) is 33.2. The summed E-state index contributed by atoms with van der Waals surface area (Å²) in [4.78, 5) is 9.50. The lowest BCUT2D eigenvalue weighted by Crippen LogP contribution is -1.86. The third-order valence-electron chi connectivity index (χ3n) is 0.604. The highest BCUT2D eigenvalue weighted by Crippen LogP contribution is 1.86. The Hall–Kier alpha value is -0.370. The summed E-state index contributed by atoms with van der Waals surface area (Å²) in [6.45, 7) is 0.892. The molecule has 0 saturated carbocycles. The molecule has 0 aliphatic carbocycles. The van der Waals surface area contributed by atoms with Gasteiger partial charge in [-0.2, -0.15) is 0 Å². The van der Waals surface area contributed by atoms with Gasteiger partial charge in [-0.1, -0.05) is 0 Å². The van der Waals surface area contributed by atoms with Crippen molar-refractivity contribution < 1.29 is 4.79 Å². The topological polar surface area (TPSA) is 39.0 Å². The van der Waals surface area contributed by atoms with Crippen LogP contribution in [0.4, 0.5) is 0 Å². The molecule has 0 aromatic carbocycles. The SMILES string of the molecule is O=C[C@H]1CN1. The maximum absolute atomic E-state index is 9.50. The molecule has 0 aromatic heterocycles. The number of aldehydes is 1. The molecule has 1 aliphatic rings. The van der Waals surface area contributed by atoms with E-state index in [1.807, 2.05) is 0 Å². The van der Waals surface area contributed by atoms with Gasteiger partial charge >= 0.3 is 0 Å². The summed E-state index contributed by atoms with van der Waals surface area (Å²) in [6.07, 6.45) is 0.917. The van der Waals surface area contributed by atoms with Gasteiger partial charge in [0.05, 0.1) is 6.04 Å². The van der Waals surface area contributed by atoms with Crippen molar-refractivity contribution in [2.75, 3.05) is 6.54 Å². The van der Waals surface area contributed by atoms with E-state index in [0.29, 0.717) is 0 Å². The third kappa shape index (κ3) is 0.450. The van der Waals surface area contributed by atoms with Crippen molar-refractivity contribution >= 4 is 6.29 Å². The number of carbonyl (C=O) groups is 1. The van der Waals surface area contributed by atoms with E-state index in [-0.39, 0.29) is 6.04 Å². The molecule has 1 rings (SSSR count). The monoisotopic (exact) mass is 71.0 g/mol. The van der Waals surface area contributed by atoms with Gasteiger partial charge in [0.25, 0.3) is 0 Å². The highest BCUT2D eigenvalue weighted by Gasteiger charge is 2.16. The summed E-state index contributed by atoms with van der Waals surface area (Å²) in [5.41, 5.74) is 0. The fourth-order valence-electron chi connectivity index (χ4n) is 0.164. The molecule has 0 amide bonds. The molecule has 0 bridgehead atoms. The Labute approximate surface area is 30.2 Å². The molecule has 0 aromatic rings. The van der Waals surface area contributed by atoms with E-state index in [2.05, 4.69) is 5.32 Å². The van der Waals surface area contributed by atoms with Gasteiger partial charge < -0.3 is 10.1 Å². The molecule has 1 heterocycles. The Morgan fingerprint density at radius 3 is 2.60 bits per heavy atom. The Morgan fingerprint density at radius 2 is 2.60 bits per heavy atom. The molecule has 28 valence electrons. The average molecular weight is 71.1 g/mol. The summed E-state index contributed by atoms with van der Waals surface area (Å²) in [5.74, 6) is 0. The standard InChI is InChI=1S/C3H5NO/c5-2-3-1-4-3/h2-4H,1H2/t3-/m1/s1. The molecule has 0 radical (unpaired) electrons. The molecule has 1 fully saturated rings. The largest absolute Gasteiger partial charge is 0.305 e. The van der Waals surface area contributed by atoms with Gasteiger partial charge in [0, 0.05) is 6.54 Å². The summed E-state index contributed by atoms with van der Waals surface area (Å²) in [6, 6.07) is 0.204. The summed E-state index contributed by atoms with van der Waals surface area (Å²) in [7, 11) is 0. The van der Waals surface area contributed by atoms with Crippen LogP contribution in [-0.2, 0) is 4.79 Å². The maximum atomic E-state index is 9.50. The fraction of sp³-hybridized carbons (Fsp3) is 0.667. The Kier molecular flexibility index (Phi) is 0.451. The van der Waals surface area contributed by atoms with Gasteiger partial charge in [-0.25, -0.2) is 0 Å². The van der Waals surface area contributed by atoms with Crippen LogP contribution in [0.1, 0.15) is 0 Å². The molecule has 1 saturated heterocycles. The van der Waals surface area contributed by atoms with Crippen molar-refractivity contribution in [3.05, 3.63) is 0 Å². The first-order valence-corrected chi connectivity index (χ1v) is 1.62. The Morgan fingerprint density at radius 1 is 2.00 bits per heavy atom. The van der Waals surface area contributed by atoms with Crippen LogP contribution in [0, 0.1) is 0 Å². The van der Waals surface area contributed by atoms with Crippen molar-refractivity contribution in [3.63, 3.8) is 0 Å². The van der Waals surface area contributed by atoms with Crippen LogP contribution in [0.25, 0.3) is 0 Å². The second-order valence-corrected chi connectivity index (χ2v) is 1.15. The van der Waals surface area contributed by atoms with E-state index >= 15 is 0 Å². The lowest BCUT2D eigenvalue weighted by molar-refractivity contribution is -0.107. The first-order valence-electron chi connectivity index (χ1n) is 1.62. The number of nitrogens with one attached hydrogen (secondary N) is 1. The van der Waals surface area contributed by atoms with Crippen molar-refractivity contribution in [2.24, 2.45) is 0 Å². The number of carbonyl (C=O) groups excluding carboxylic acids is 1. The van der Waals surface area contributed by atoms with E-state index < -0.39 is 0 Å². The summed E-state index contributed by atoms with van der Waals surface area (Å²) >= 11 is 0. The highest BCUT2D eigenvalue weighted by molar-refractivity contribution is 5.61. The van der Waals surface area contributed by atoms with Crippen LogP contribution in [0.3, 0.4) is 0 Å². The zero-order chi connectivity index (χ0) is 3.70. The first kappa shape index (κ1) is 2.85. The van der Waals surface area contributed by atoms with Gasteiger partial charge in [0.1, 0.15) is 6.29 Å². The van der Waals surface area contributed by atoms with E-state index in [1.54, 1.807) is 0 Å². The Bertz CT molecular complexity index is 48.9. The molecular weight excluding hydrogens is 66.0 g/mol. The molecular formula is C3H5NO. The minimum Gasteiger partial charge on any atom is -0.305 e. The van der Waals surface area contributed by atoms with Crippen molar-refractivity contribution in [3.8, 4) is 0 Å². The van der Waals surface area contributed by atoms with Crippen LogP contribution >= 0.6 is 0 Å². The summed E-state index contributed by atoms with van der Waals surface area (Å²) in [5, 5.41) is 2.82. The molecule has 1 aliphatic heterocycles. The van der Waals surface area contributed by atoms with Gasteiger partial charge in [-0.3, -0.25) is 0 Å². The van der Waals surface area contributed by atoms with Crippen molar-refractivity contribution in [2.45, 2.75) is 6.04 Å². The van der Waals surface area contributed by atoms with Crippen LogP contribution < -0.4 is 5.32 Å². The highest BCUT2D eigenvalue weighted by atomic mass is 16.1. The molecule has 1 N–H and O–H groups in total. The van der Waals surface area contributed by atoms with E-state index in [4.69, 9.17) is 0 Å². The molecule has 2 nitrogen and oxygen atoms in total. The molecule has 5 heavy (non-hydrogen) atoms. The zero-order valence-electron chi connectivity index (χ0n) is 2.77. The lowest BCUT2D eigenvalue weighted by Gasteiger charge is -1.55. The van der Waals surface area contributed by atoms with Crippen molar-refractivity contribution in [1.82, 2.24) is 5.32 Å². The number of hydrogen-bond acceptors (Lipinski definition) is 2. The maximum Gasteiger partial charge on any atom is 0.138 e.